The Morgan fingerprint density at radius 2 is 1.68 bits per heavy atom. The molecule has 0 saturated heterocycles. The number of furan rings is 1. The van der Waals surface area contributed by atoms with Crippen LogP contribution in [-0.2, 0) is 0 Å². The lowest BCUT2D eigenvalue weighted by Gasteiger charge is -2.19. The van der Waals surface area contributed by atoms with Crippen LogP contribution in [0.5, 0.6) is 0 Å². The summed E-state index contributed by atoms with van der Waals surface area (Å²) in [6.45, 7) is 2.94. The minimum absolute atomic E-state index is 0.0977. The number of rotatable bonds is 7. The van der Waals surface area contributed by atoms with Crippen LogP contribution in [0.25, 0.3) is 0 Å². The number of nitrogens with one attached hydrogen (secondary N) is 1. The van der Waals surface area contributed by atoms with Crippen molar-refractivity contribution in [3.8, 4) is 0 Å². The summed E-state index contributed by atoms with van der Waals surface area (Å²) in [5.41, 5.74) is 2.25. The molecule has 2 aromatic carbocycles. The normalized spacial score (nSPS) is 13.6. The third-order valence-electron chi connectivity index (χ3n) is 4.41. The molecule has 0 aliphatic rings. The molecule has 0 aliphatic heterocycles. The van der Waals surface area contributed by atoms with Crippen LogP contribution < -0.4 is 5.32 Å². The maximum atomic E-state index is 13.2. The second kappa shape index (κ2) is 8.32. The van der Waals surface area contributed by atoms with Crippen molar-refractivity contribution in [1.29, 1.82) is 0 Å². The van der Waals surface area contributed by atoms with Crippen LogP contribution in [0, 0.1) is 5.82 Å². The smallest absolute Gasteiger partial charge is 0.123 e. The predicted octanol–water partition coefficient (Wildman–Crippen LogP) is 5.94. The van der Waals surface area contributed by atoms with E-state index in [1.54, 1.807) is 6.26 Å². The van der Waals surface area contributed by atoms with Crippen LogP contribution in [-0.4, -0.2) is 6.54 Å². The molecule has 2 nitrogen and oxygen atoms in total. The first-order valence-corrected chi connectivity index (χ1v) is 8.79. The van der Waals surface area contributed by atoms with Crippen LogP contribution in [0.1, 0.15) is 42.2 Å². The molecule has 2 atom stereocenters. The highest BCUT2D eigenvalue weighted by Crippen LogP contribution is 2.28. The molecule has 0 bridgehead atoms. The van der Waals surface area contributed by atoms with Crippen molar-refractivity contribution in [1.82, 2.24) is 5.32 Å². The van der Waals surface area contributed by atoms with Gasteiger partial charge in [0.2, 0.25) is 0 Å². The summed E-state index contributed by atoms with van der Waals surface area (Å²) in [5.74, 6) is 0.768. The quantitative estimate of drug-likeness (QED) is 0.565. The third kappa shape index (κ3) is 4.71. The molecule has 0 spiro atoms. The summed E-state index contributed by atoms with van der Waals surface area (Å²) in [6.07, 6.45) is 2.53. The van der Waals surface area contributed by atoms with Gasteiger partial charge in [0.05, 0.1) is 6.26 Å². The van der Waals surface area contributed by atoms with Crippen molar-refractivity contribution in [2.45, 2.75) is 25.3 Å². The van der Waals surface area contributed by atoms with E-state index in [9.17, 15) is 4.39 Å². The summed E-state index contributed by atoms with van der Waals surface area (Å²) >= 11 is 5.94. The topological polar surface area (TPSA) is 25.2 Å². The summed E-state index contributed by atoms with van der Waals surface area (Å²) < 4.78 is 18.8. The maximum absolute atomic E-state index is 13.2. The van der Waals surface area contributed by atoms with E-state index in [2.05, 4.69) is 12.2 Å². The van der Waals surface area contributed by atoms with Crippen molar-refractivity contribution in [2.75, 3.05) is 6.54 Å². The molecule has 130 valence electrons. The van der Waals surface area contributed by atoms with Crippen LogP contribution in [0.2, 0.25) is 5.02 Å². The molecule has 0 amide bonds. The second-order valence-electron chi connectivity index (χ2n) is 6.14. The second-order valence-corrected chi connectivity index (χ2v) is 6.57. The number of hydrogen-bond acceptors (Lipinski definition) is 2. The Labute approximate surface area is 152 Å². The fourth-order valence-corrected chi connectivity index (χ4v) is 3.10. The van der Waals surface area contributed by atoms with Crippen molar-refractivity contribution in [3.63, 3.8) is 0 Å². The standard InChI is InChI=1S/C21H21ClFNO/c1-15(16-4-8-18(22)9-5-16)24-13-12-20(21-3-2-14-25-21)17-6-10-19(23)11-7-17/h2-11,14-15,20,24H,12-13H2,1H3. The van der Waals surface area contributed by atoms with Crippen molar-refractivity contribution >= 4 is 11.6 Å². The minimum Gasteiger partial charge on any atom is -0.469 e. The van der Waals surface area contributed by atoms with E-state index in [0.717, 1.165) is 29.3 Å². The first kappa shape index (κ1) is 17.7. The largest absolute Gasteiger partial charge is 0.469 e. The summed E-state index contributed by atoms with van der Waals surface area (Å²) in [5, 5.41) is 4.27. The van der Waals surface area contributed by atoms with Gasteiger partial charge in [0.15, 0.2) is 0 Å². The van der Waals surface area contributed by atoms with Crippen LogP contribution in [0.15, 0.2) is 71.3 Å². The average Bonchev–Trinajstić information content (AvgIpc) is 3.14. The van der Waals surface area contributed by atoms with Gasteiger partial charge in [-0.05, 0) is 67.4 Å². The first-order chi connectivity index (χ1) is 12.1. The van der Waals surface area contributed by atoms with Gasteiger partial charge in [-0.25, -0.2) is 4.39 Å². The third-order valence-corrected chi connectivity index (χ3v) is 4.66. The van der Waals surface area contributed by atoms with E-state index >= 15 is 0 Å². The molecular weight excluding hydrogens is 337 g/mol. The van der Waals surface area contributed by atoms with E-state index in [0.29, 0.717) is 0 Å². The van der Waals surface area contributed by atoms with Crippen LogP contribution in [0.4, 0.5) is 4.39 Å². The highest BCUT2D eigenvalue weighted by atomic mass is 35.5. The molecule has 25 heavy (non-hydrogen) atoms. The molecular formula is C21H21ClFNO. The number of benzene rings is 2. The van der Waals surface area contributed by atoms with Crippen LogP contribution >= 0.6 is 11.6 Å². The molecule has 3 aromatic rings. The van der Waals surface area contributed by atoms with Crippen molar-refractivity contribution in [3.05, 3.63) is 94.7 Å². The van der Waals surface area contributed by atoms with E-state index in [1.807, 2.05) is 48.5 Å². The average molecular weight is 358 g/mol. The van der Waals surface area contributed by atoms with Gasteiger partial charge in [0.25, 0.3) is 0 Å². The fraction of sp³-hybridized carbons (Fsp3) is 0.238. The molecule has 1 N–H and O–H groups in total. The summed E-state index contributed by atoms with van der Waals surface area (Å²) in [6, 6.07) is 18.6. The lowest BCUT2D eigenvalue weighted by molar-refractivity contribution is 0.457. The van der Waals surface area contributed by atoms with Gasteiger partial charge in [-0.15, -0.1) is 0 Å². The molecule has 0 saturated carbocycles. The monoisotopic (exact) mass is 357 g/mol. The Morgan fingerprint density at radius 3 is 2.32 bits per heavy atom. The zero-order valence-corrected chi connectivity index (χ0v) is 14.8. The molecule has 0 fully saturated rings. The minimum atomic E-state index is -0.226. The Kier molecular flexibility index (Phi) is 5.90. The molecule has 1 heterocycles. The van der Waals surface area contributed by atoms with Gasteiger partial charge < -0.3 is 9.73 Å². The predicted molar refractivity (Wildman–Crippen MR) is 99.4 cm³/mol. The van der Waals surface area contributed by atoms with Gasteiger partial charge in [-0.1, -0.05) is 35.9 Å². The zero-order valence-electron chi connectivity index (χ0n) is 14.1. The van der Waals surface area contributed by atoms with E-state index in [1.165, 1.54) is 17.7 Å². The number of halogens is 2. The molecule has 0 aliphatic carbocycles. The van der Waals surface area contributed by atoms with Crippen LogP contribution in [0.3, 0.4) is 0 Å². The summed E-state index contributed by atoms with van der Waals surface area (Å²) in [4.78, 5) is 0. The van der Waals surface area contributed by atoms with Gasteiger partial charge in [0.1, 0.15) is 11.6 Å². The van der Waals surface area contributed by atoms with Gasteiger partial charge in [0, 0.05) is 17.0 Å². The highest BCUT2D eigenvalue weighted by molar-refractivity contribution is 6.30. The summed E-state index contributed by atoms with van der Waals surface area (Å²) in [7, 11) is 0. The Morgan fingerprint density at radius 1 is 1.00 bits per heavy atom. The molecule has 2 unspecified atom stereocenters. The van der Waals surface area contributed by atoms with E-state index < -0.39 is 0 Å². The van der Waals surface area contributed by atoms with Crippen molar-refractivity contribution < 1.29 is 8.81 Å². The SMILES string of the molecule is CC(NCCC(c1ccc(F)cc1)c1ccco1)c1ccc(Cl)cc1. The first-order valence-electron chi connectivity index (χ1n) is 8.41. The fourth-order valence-electron chi connectivity index (χ4n) is 2.97. The number of hydrogen-bond donors (Lipinski definition) is 1. The molecule has 3 rings (SSSR count). The van der Waals surface area contributed by atoms with E-state index in [-0.39, 0.29) is 17.8 Å². The Balaban J connectivity index is 1.65. The Hall–Kier alpha value is -2.10. The van der Waals surface area contributed by atoms with Gasteiger partial charge in [-0.2, -0.15) is 0 Å². The molecule has 0 radical (unpaired) electrons. The zero-order chi connectivity index (χ0) is 17.6. The molecule has 1 aromatic heterocycles. The van der Waals surface area contributed by atoms with Gasteiger partial charge in [-0.3, -0.25) is 0 Å². The maximum Gasteiger partial charge on any atom is 0.123 e. The van der Waals surface area contributed by atoms with Crippen molar-refractivity contribution in [2.24, 2.45) is 0 Å². The lowest BCUT2D eigenvalue weighted by atomic mass is 9.93. The Bertz CT molecular complexity index is 769. The lowest BCUT2D eigenvalue weighted by Crippen LogP contribution is -2.21. The van der Waals surface area contributed by atoms with Gasteiger partial charge >= 0.3 is 0 Å². The molecule has 4 heteroatoms. The van der Waals surface area contributed by atoms with E-state index in [4.69, 9.17) is 16.0 Å². The highest BCUT2D eigenvalue weighted by Gasteiger charge is 2.17.